The minimum atomic E-state index is -4.75. The van der Waals surface area contributed by atoms with Gasteiger partial charge in [0.1, 0.15) is 5.82 Å². The first-order valence-electron chi connectivity index (χ1n) is 9.97. The molecule has 1 aliphatic heterocycles. The first-order chi connectivity index (χ1) is 14.4. The zero-order chi connectivity index (χ0) is 23.1. The fourth-order valence-corrected chi connectivity index (χ4v) is 4.32. The Kier molecular flexibility index (Phi) is 5.86. The van der Waals surface area contributed by atoms with E-state index in [0.29, 0.717) is 12.1 Å². The summed E-state index contributed by atoms with van der Waals surface area (Å²) in [4.78, 5) is 27.9. The van der Waals surface area contributed by atoms with Gasteiger partial charge in [-0.1, -0.05) is 32.0 Å². The molecular formula is C23H24F4N2O2. The third kappa shape index (κ3) is 4.03. The van der Waals surface area contributed by atoms with Crippen molar-refractivity contribution in [2.45, 2.75) is 40.3 Å². The number of nitrogens with one attached hydrogen (secondary N) is 1. The van der Waals surface area contributed by atoms with Gasteiger partial charge in [0.15, 0.2) is 0 Å². The number of carbonyl (C=O) groups excluding carboxylic acids is 2. The molecule has 1 aliphatic rings. The van der Waals surface area contributed by atoms with Crippen LogP contribution in [0.5, 0.6) is 0 Å². The van der Waals surface area contributed by atoms with Crippen molar-refractivity contribution in [1.29, 1.82) is 0 Å². The van der Waals surface area contributed by atoms with Gasteiger partial charge < -0.3 is 10.2 Å². The minimum Gasteiger partial charge on any atom is -0.325 e. The van der Waals surface area contributed by atoms with E-state index in [0.717, 1.165) is 22.9 Å². The maximum absolute atomic E-state index is 13.8. The monoisotopic (exact) mass is 436 g/mol. The van der Waals surface area contributed by atoms with Gasteiger partial charge in [0, 0.05) is 17.9 Å². The molecule has 8 heteroatoms. The van der Waals surface area contributed by atoms with Crippen molar-refractivity contribution in [2.75, 3.05) is 16.8 Å². The van der Waals surface area contributed by atoms with E-state index in [4.69, 9.17) is 0 Å². The van der Waals surface area contributed by atoms with Gasteiger partial charge in [0.2, 0.25) is 11.8 Å². The molecular weight excluding hydrogens is 412 g/mol. The average Bonchev–Trinajstić information content (AvgIpc) is 2.93. The van der Waals surface area contributed by atoms with E-state index >= 15 is 0 Å². The predicted molar refractivity (Wildman–Crippen MR) is 110 cm³/mol. The van der Waals surface area contributed by atoms with Crippen LogP contribution in [-0.2, 0) is 15.8 Å². The van der Waals surface area contributed by atoms with E-state index in [9.17, 15) is 27.2 Å². The molecule has 31 heavy (non-hydrogen) atoms. The fraction of sp³-hybridized carbons (Fsp3) is 0.391. The smallest absolute Gasteiger partial charge is 0.325 e. The standard InChI is InChI=1S/C23H24F4N2O2/c1-5-22(21(31)28-18-10-16(23(25,26)27)9-17(24)11-18)12-29(20(30)15(22)4)19-13(2)7-6-8-14(19)3/h6-11,15H,5,12H2,1-4H3,(H,28,31). The molecule has 166 valence electrons. The van der Waals surface area contributed by atoms with E-state index in [2.05, 4.69) is 5.32 Å². The van der Waals surface area contributed by atoms with Crippen LogP contribution in [0.25, 0.3) is 0 Å². The Bertz CT molecular complexity index is 1010. The summed E-state index contributed by atoms with van der Waals surface area (Å²) in [7, 11) is 0. The van der Waals surface area contributed by atoms with Gasteiger partial charge in [-0.05, 0) is 49.6 Å². The molecule has 2 unspecified atom stereocenters. The van der Waals surface area contributed by atoms with Crippen LogP contribution >= 0.6 is 0 Å². The third-order valence-corrected chi connectivity index (χ3v) is 6.18. The highest BCUT2D eigenvalue weighted by atomic mass is 19.4. The summed E-state index contributed by atoms with van der Waals surface area (Å²) < 4.78 is 52.8. The zero-order valence-corrected chi connectivity index (χ0v) is 17.7. The molecule has 0 aliphatic carbocycles. The number of hydrogen-bond donors (Lipinski definition) is 1. The fourth-order valence-electron chi connectivity index (χ4n) is 4.32. The second-order valence-electron chi connectivity index (χ2n) is 8.08. The summed E-state index contributed by atoms with van der Waals surface area (Å²) in [6.07, 6.45) is -4.46. The molecule has 2 aromatic carbocycles. The molecule has 2 aromatic rings. The van der Waals surface area contributed by atoms with Gasteiger partial charge in [-0.2, -0.15) is 13.2 Å². The molecule has 1 saturated heterocycles. The van der Waals surface area contributed by atoms with Crippen molar-refractivity contribution in [3.63, 3.8) is 0 Å². The number of aryl methyl sites for hydroxylation is 2. The topological polar surface area (TPSA) is 49.4 Å². The summed E-state index contributed by atoms with van der Waals surface area (Å²) in [6.45, 7) is 7.23. The van der Waals surface area contributed by atoms with Crippen LogP contribution in [0.1, 0.15) is 37.0 Å². The lowest BCUT2D eigenvalue weighted by molar-refractivity contribution is -0.137. The van der Waals surface area contributed by atoms with Crippen LogP contribution in [0.2, 0.25) is 0 Å². The lowest BCUT2D eigenvalue weighted by atomic mass is 9.75. The molecule has 1 N–H and O–H groups in total. The second-order valence-corrected chi connectivity index (χ2v) is 8.08. The Morgan fingerprint density at radius 1 is 1.19 bits per heavy atom. The number of halogens is 4. The van der Waals surface area contributed by atoms with Crippen molar-refractivity contribution >= 4 is 23.2 Å². The lowest BCUT2D eigenvalue weighted by Crippen LogP contribution is -2.42. The van der Waals surface area contributed by atoms with E-state index in [1.165, 1.54) is 0 Å². The number of alkyl halides is 3. The Morgan fingerprint density at radius 3 is 2.35 bits per heavy atom. The van der Waals surface area contributed by atoms with Gasteiger partial charge in [-0.3, -0.25) is 9.59 Å². The zero-order valence-electron chi connectivity index (χ0n) is 17.7. The van der Waals surface area contributed by atoms with Crippen LogP contribution in [0, 0.1) is 31.0 Å². The SMILES string of the molecule is CCC1(C(=O)Nc2cc(F)cc(C(F)(F)F)c2)CN(c2c(C)cccc2C)C(=O)C1C. The van der Waals surface area contributed by atoms with Crippen LogP contribution in [-0.4, -0.2) is 18.4 Å². The molecule has 0 aromatic heterocycles. The summed E-state index contributed by atoms with van der Waals surface area (Å²) in [5.74, 6) is -2.65. The maximum Gasteiger partial charge on any atom is 0.416 e. The van der Waals surface area contributed by atoms with Crippen molar-refractivity contribution in [2.24, 2.45) is 11.3 Å². The molecule has 2 atom stereocenters. The molecule has 0 radical (unpaired) electrons. The number of benzene rings is 2. The highest BCUT2D eigenvalue weighted by Crippen LogP contribution is 2.44. The molecule has 4 nitrogen and oxygen atoms in total. The Hall–Kier alpha value is -2.90. The highest BCUT2D eigenvalue weighted by Gasteiger charge is 2.54. The van der Waals surface area contributed by atoms with E-state index in [1.54, 1.807) is 18.7 Å². The highest BCUT2D eigenvalue weighted by molar-refractivity contribution is 6.07. The molecule has 1 heterocycles. The number of carbonyl (C=O) groups is 2. The van der Waals surface area contributed by atoms with E-state index in [-0.39, 0.29) is 24.6 Å². The molecule has 3 rings (SSSR count). The number of anilines is 2. The van der Waals surface area contributed by atoms with Crippen LogP contribution < -0.4 is 10.2 Å². The first kappa shape index (κ1) is 22.8. The molecule has 0 saturated carbocycles. The number of hydrogen-bond acceptors (Lipinski definition) is 2. The van der Waals surface area contributed by atoms with Crippen LogP contribution in [0.4, 0.5) is 28.9 Å². The van der Waals surface area contributed by atoms with Crippen molar-refractivity contribution in [3.05, 3.63) is 58.9 Å². The normalized spacial score (nSPS) is 21.5. The van der Waals surface area contributed by atoms with Crippen LogP contribution in [0.15, 0.2) is 36.4 Å². The largest absolute Gasteiger partial charge is 0.416 e. The van der Waals surface area contributed by atoms with Crippen molar-refractivity contribution in [1.82, 2.24) is 0 Å². The predicted octanol–water partition coefficient (Wildman–Crippen LogP) is 5.48. The van der Waals surface area contributed by atoms with Crippen molar-refractivity contribution < 1.29 is 27.2 Å². The number of rotatable bonds is 4. The van der Waals surface area contributed by atoms with Gasteiger partial charge in [-0.15, -0.1) is 0 Å². The van der Waals surface area contributed by atoms with E-state index < -0.39 is 34.8 Å². The quantitative estimate of drug-likeness (QED) is 0.646. The molecule has 0 spiro atoms. The number of amides is 2. The second kappa shape index (κ2) is 7.98. The number of nitrogens with zero attached hydrogens (tertiary/aromatic N) is 1. The van der Waals surface area contributed by atoms with Gasteiger partial charge in [0.05, 0.1) is 16.9 Å². The average molecular weight is 436 g/mol. The van der Waals surface area contributed by atoms with E-state index in [1.807, 2.05) is 32.0 Å². The first-order valence-corrected chi connectivity index (χ1v) is 9.97. The lowest BCUT2D eigenvalue weighted by Gasteiger charge is -2.30. The Balaban J connectivity index is 1.96. The molecule has 1 fully saturated rings. The number of para-hydroxylation sites is 1. The van der Waals surface area contributed by atoms with Gasteiger partial charge in [-0.25, -0.2) is 4.39 Å². The Labute approximate surface area is 178 Å². The minimum absolute atomic E-state index is 0.0858. The summed E-state index contributed by atoms with van der Waals surface area (Å²) >= 11 is 0. The summed E-state index contributed by atoms with van der Waals surface area (Å²) in [5, 5.41) is 2.42. The molecule has 0 bridgehead atoms. The molecule has 2 amide bonds. The van der Waals surface area contributed by atoms with Crippen molar-refractivity contribution in [3.8, 4) is 0 Å². The van der Waals surface area contributed by atoms with Gasteiger partial charge in [0.25, 0.3) is 0 Å². The third-order valence-electron chi connectivity index (χ3n) is 6.18. The summed E-state index contributed by atoms with van der Waals surface area (Å²) in [5.41, 5.74) is -0.166. The van der Waals surface area contributed by atoms with Gasteiger partial charge >= 0.3 is 6.18 Å². The Morgan fingerprint density at radius 2 is 1.81 bits per heavy atom. The maximum atomic E-state index is 13.8. The summed E-state index contributed by atoms with van der Waals surface area (Å²) in [6, 6.07) is 7.52. The van der Waals surface area contributed by atoms with Crippen LogP contribution in [0.3, 0.4) is 0 Å².